The predicted octanol–water partition coefficient (Wildman–Crippen LogP) is 0.448. The Morgan fingerprint density at radius 3 is 3.14 bits per heavy atom. The van der Waals surface area contributed by atoms with Gasteiger partial charge < -0.3 is 4.72 Å². The predicted molar refractivity (Wildman–Crippen MR) is 28.0 cm³/mol. The molecular weight excluding hydrogens is 108 g/mol. The van der Waals surface area contributed by atoms with Gasteiger partial charge in [-0.3, -0.25) is 0 Å². The molecule has 0 aromatic carbocycles. The summed E-state index contributed by atoms with van der Waals surface area (Å²) in [4.78, 5) is 0. The van der Waals surface area contributed by atoms with Crippen LogP contribution < -0.4 is 4.72 Å². The normalized spacial score (nSPS) is 17.3. The van der Waals surface area contributed by atoms with Gasteiger partial charge in [0.2, 0.25) is 0 Å². The van der Waals surface area contributed by atoms with E-state index >= 15 is 0 Å². The molecule has 0 atom stereocenters. The van der Waals surface area contributed by atoms with E-state index in [1.165, 1.54) is 11.9 Å². The average molecular weight is 111 g/mol. The summed E-state index contributed by atoms with van der Waals surface area (Å²) in [5, 5.41) is 8.14. The van der Waals surface area contributed by atoms with Crippen LogP contribution in [0.3, 0.4) is 0 Å². The van der Waals surface area contributed by atoms with Crippen LogP contribution in [0, 0.1) is 17.4 Å². The molecule has 2 nitrogen and oxygen atoms in total. The Kier molecular flexibility index (Phi) is 1.23. The van der Waals surface area contributed by atoms with E-state index in [2.05, 4.69) is 10.8 Å². The van der Waals surface area contributed by atoms with Gasteiger partial charge in [0.15, 0.2) is 0 Å². The molecule has 1 heterocycles. The molecule has 1 radical (unpaired) electrons. The zero-order valence-electron chi connectivity index (χ0n) is 3.56. The van der Waals surface area contributed by atoms with Crippen LogP contribution in [0.15, 0.2) is 5.70 Å². The molecule has 0 fully saturated rings. The van der Waals surface area contributed by atoms with Crippen LogP contribution in [0.4, 0.5) is 0 Å². The first-order valence-corrected chi connectivity index (χ1v) is 2.81. The molecule has 1 aliphatic rings. The lowest BCUT2D eigenvalue weighted by Crippen LogP contribution is -1.92. The lowest BCUT2D eigenvalue weighted by molar-refractivity contribution is 1.29. The maximum atomic E-state index is 8.14. The molecule has 0 aliphatic carbocycles. The molecule has 0 aromatic rings. The molecule has 0 unspecified atom stereocenters. The zero-order valence-corrected chi connectivity index (χ0v) is 4.38. The van der Waals surface area contributed by atoms with Crippen molar-refractivity contribution in [3.8, 4) is 6.07 Å². The Balaban J connectivity index is 2.57. The van der Waals surface area contributed by atoms with E-state index in [-0.39, 0.29) is 0 Å². The summed E-state index contributed by atoms with van der Waals surface area (Å²) in [6.45, 7) is 0. The van der Waals surface area contributed by atoms with Crippen molar-refractivity contribution in [2.24, 2.45) is 0 Å². The molecule has 0 bridgehead atoms. The second-order valence-corrected chi connectivity index (χ2v) is 1.84. The lowest BCUT2D eigenvalue weighted by atomic mass is 10.5. The minimum Gasteiger partial charge on any atom is -0.320 e. The third kappa shape index (κ3) is 0.875. The van der Waals surface area contributed by atoms with E-state index in [9.17, 15) is 0 Å². The smallest absolute Gasteiger partial charge is 0.128 e. The van der Waals surface area contributed by atoms with E-state index in [4.69, 9.17) is 5.26 Å². The molecule has 0 saturated carbocycles. The molecule has 35 valence electrons. The Morgan fingerprint density at radius 2 is 2.86 bits per heavy atom. The summed E-state index contributed by atoms with van der Waals surface area (Å²) < 4.78 is 2.77. The maximum absolute atomic E-state index is 8.14. The van der Waals surface area contributed by atoms with E-state index in [1.807, 2.05) is 6.07 Å². The molecule has 0 saturated heterocycles. The van der Waals surface area contributed by atoms with Gasteiger partial charge >= 0.3 is 0 Å². The van der Waals surface area contributed by atoms with Crippen molar-refractivity contribution in [2.75, 3.05) is 5.75 Å². The van der Waals surface area contributed by atoms with Gasteiger partial charge in [0.05, 0.1) is 0 Å². The molecule has 0 amide bonds. The Morgan fingerprint density at radius 1 is 2.00 bits per heavy atom. The maximum Gasteiger partial charge on any atom is 0.128 e. The molecular formula is C4H3N2S. The second kappa shape index (κ2) is 1.90. The summed E-state index contributed by atoms with van der Waals surface area (Å²) >= 11 is 1.49. The lowest BCUT2D eigenvalue weighted by Gasteiger charge is -1.84. The van der Waals surface area contributed by atoms with Gasteiger partial charge in [0.25, 0.3) is 0 Å². The molecule has 3 heteroatoms. The Hall–Kier alpha value is -0.620. The highest BCUT2D eigenvalue weighted by Crippen LogP contribution is 2.06. The summed E-state index contributed by atoms with van der Waals surface area (Å²) in [7, 11) is 0. The molecule has 0 spiro atoms. The van der Waals surface area contributed by atoms with Gasteiger partial charge in [0.1, 0.15) is 11.8 Å². The fraction of sp³-hybridized carbons (Fsp3) is 0.250. The van der Waals surface area contributed by atoms with Crippen molar-refractivity contribution in [3.63, 3.8) is 0 Å². The van der Waals surface area contributed by atoms with Gasteiger partial charge in [0, 0.05) is 11.8 Å². The van der Waals surface area contributed by atoms with Crippen LogP contribution in [-0.4, -0.2) is 5.75 Å². The molecule has 1 rings (SSSR count). The van der Waals surface area contributed by atoms with Crippen LogP contribution in [-0.2, 0) is 0 Å². The molecule has 7 heavy (non-hydrogen) atoms. The Bertz CT molecular complexity index is 133. The molecule has 1 aliphatic heterocycles. The highest BCUT2D eigenvalue weighted by Gasteiger charge is 1.99. The topological polar surface area (TPSA) is 35.8 Å². The zero-order chi connectivity index (χ0) is 5.11. The second-order valence-electron chi connectivity index (χ2n) is 1.05. The first kappa shape index (κ1) is 4.54. The summed E-state index contributed by atoms with van der Waals surface area (Å²) in [5.41, 5.74) is 0.560. The minimum atomic E-state index is 0.560. The van der Waals surface area contributed by atoms with Gasteiger partial charge in [-0.15, -0.1) is 0 Å². The Labute approximate surface area is 46.3 Å². The van der Waals surface area contributed by atoms with Crippen molar-refractivity contribution >= 4 is 11.9 Å². The SMILES string of the molecule is N#CC1=[C]CSN1. The first-order chi connectivity index (χ1) is 3.43. The first-order valence-electron chi connectivity index (χ1n) is 1.82. The quantitative estimate of drug-likeness (QED) is 0.461. The van der Waals surface area contributed by atoms with Crippen molar-refractivity contribution in [1.82, 2.24) is 4.72 Å². The van der Waals surface area contributed by atoms with Crippen molar-refractivity contribution in [1.29, 1.82) is 5.26 Å². The fourth-order valence-electron chi connectivity index (χ4n) is 0.315. The number of nitrogens with zero attached hydrogens (tertiary/aromatic N) is 1. The van der Waals surface area contributed by atoms with Gasteiger partial charge in [-0.2, -0.15) is 5.26 Å². The number of hydrogen-bond donors (Lipinski definition) is 1. The largest absolute Gasteiger partial charge is 0.320 e. The van der Waals surface area contributed by atoms with Crippen LogP contribution in [0.2, 0.25) is 0 Å². The van der Waals surface area contributed by atoms with E-state index in [0.29, 0.717) is 5.70 Å². The van der Waals surface area contributed by atoms with E-state index in [1.54, 1.807) is 0 Å². The number of rotatable bonds is 0. The third-order valence-electron chi connectivity index (χ3n) is 0.607. The summed E-state index contributed by atoms with van der Waals surface area (Å²) in [6, 6.07) is 1.94. The van der Waals surface area contributed by atoms with Crippen LogP contribution in [0.25, 0.3) is 0 Å². The van der Waals surface area contributed by atoms with Crippen LogP contribution in [0.1, 0.15) is 0 Å². The molecule has 1 N–H and O–H groups in total. The third-order valence-corrected chi connectivity index (χ3v) is 1.24. The minimum absolute atomic E-state index is 0.560. The van der Waals surface area contributed by atoms with Crippen molar-refractivity contribution in [3.05, 3.63) is 11.8 Å². The summed E-state index contributed by atoms with van der Waals surface area (Å²) in [5.74, 6) is 0.795. The number of nitriles is 1. The standard InChI is InChI=1S/C4H3N2S/c5-3-4-1-2-7-6-4/h6H,2H2. The highest BCUT2D eigenvalue weighted by molar-refractivity contribution is 7.97. The van der Waals surface area contributed by atoms with Gasteiger partial charge in [-0.1, -0.05) is 0 Å². The number of allylic oxidation sites excluding steroid dienone is 1. The number of hydrogen-bond acceptors (Lipinski definition) is 3. The van der Waals surface area contributed by atoms with Crippen molar-refractivity contribution < 1.29 is 0 Å². The highest BCUT2D eigenvalue weighted by atomic mass is 32.2. The fourth-order valence-corrected chi connectivity index (χ4v) is 0.866. The van der Waals surface area contributed by atoms with Crippen LogP contribution in [0.5, 0.6) is 0 Å². The summed E-state index contributed by atoms with van der Waals surface area (Å²) in [6.07, 6.45) is 2.81. The van der Waals surface area contributed by atoms with E-state index in [0.717, 1.165) is 5.75 Å². The van der Waals surface area contributed by atoms with Gasteiger partial charge in [-0.05, 0) is 11.9 Å². The van der Waals surface area contributed by atoms with Gasteiger partial charge in [-0.25, -0.2) is 0 Å². The molecule has 0 aromatic heterocycles. The number of nitrogens with one attached hydrogen (secondary N) is 1. The monoisotopic (exact) mass is 111 g/mol. The van der Waals surface area contributed by atoms with E-state index < -0.39 is 0 Å². The van der Waals surface area contributed by atoms with Crippen LogP contribution >= 0.6 is 11.9 Å². The average Bonchev–Trinajstić information content (AvgIpc) is 2.14. The van der Waals surface area contributed by atoms with Crippen molar-refractivity contribution in [2.45, 2.75) is 0 Å².